The third kappa shape index (κ3) is 4.56. The van der Waals surface area contributed by atoms with E-state index in [-0.39, 0.29) is 24.1 Å². The third-order valence-corrected chi connectivity index (χ3v) is 5.07. The minimum absolute atomic E-state index is 0.159. The molecule has 0 saturated heterocycles. The van der Waals surface area contributed by atoms with Gasteiger partial charge in [0.2, 0.25) is 0 Å². The molecule has 1 aliphatic carbocycles. The van der Waals surface area contributed by atoms with Crippen molar-refractivity contribution in [1.82, 2.24) is 5.32 Å². The van der Waals surface area contributed by atoms with Gasteiger partial charge >= 0.3 is 5.97 Å². The van der Waals surface area contributed by atoms with Crippen molar-refractivity contribution in [3.05, 3.63) is 35.4 Å². The summed E-state index contributed by atoms with van der Waals surface area (Å²) in [7, 11) is -3.23. The van der Waals surface area contributed by atoms with Gasteiger partial charge in [0.15, 0.2) is 9.84 Å². The number of benzene rings is 1. The fourth-order valence-electron chi connectivity index (χ4n) is 1.65. The number of amides is 1. The molecule has 6 nitrogen and oxygen atoms in total. The maximum Gasteiger partial charge on any atom is 0.338 e. The van der Waals surface area contributed by atoms with Crippen LogP contribution in [0.15, 0.2) is 24.3 Å². The fourth-order valence-corrected chi connectivity index (χ4v) is 1.97. The Kier molecular flexibility index (Phi) is 4.85. The van der Waals surface area contributed by atoms with E-state index in [1.165, 1.54) is 19.1 Å². The lowest BCUT2D eigenvalue weighted by Crippen LogP contribution is -2.25. The Bertz CT molecular complexity index is 662. The van der Waals surface area contributed by atoms with E-state index in [1.807, 2.05) is 0 Å². The van der Waals surface area contributed by atoms with Crippen molar-refractivity contribution in [1.29, 1.82) is 0 Å². The molecule has 0 radical (unpaired) electrons. The van der Waals surface area contributed by atoms with E-state index >= 15 is 0 Å². The Hall–Kier alpha value is -1.89. The van der Waals surface area contributed by atoms with E-state index in [2.05, 4.69) is 5.32 Å². The Balaban J connectivity index is 1.91. The molecular formula is C15H19NO5S. The number of rotatable bonds is 6. The zero-order valence-electron chi connectivity index (χ0n) is 12.5. The molecule has 7 heteroatoms. The van der Waals surface area contributed by atoms with Crippen molar-refractivity contribution >= 4 is 21.7 Å². The van der Waals surface area contributed by atoms with Crippen LogP contribution in [0.25, 0.3) is 0 Å². The molecule has 2 rings (SSSR count). The highest BCUT2D eigenvalue weighted by atomic mass is 32.2. The molecule has 0 heterocycles. The summed E-state index contributed by atoms with van der Waals surface area (Å²) >= 11 is 0. The van der Waals surface area contributed by atoms with E-state index in [0.717, 1.165) is 19.1 Å². The van der Waals surface area contributed by atoms with Crippen LogP contribution in [0.5, 0.6) is 0 Å². The summed E-state index contributed by atoms with van der Waals surface area (Å²) in [5.74, 6) is -0.766. The summed E-state index contributed by atoms with van der Waals surface area (Å²) in [5, 5.41) is 2.10. The van der Waals surface area contributed by atoms with Crippen molar-refractivity contribution < 1.29 is 22.7 Å². The van der Waals surface area contributed by atoms with Gasteiger partial charge in [0.05, 0.1) is 10.8 Å². The van der Waals surface area contributed by atoms with Crippen LogP contribution < -0.4 is 5.32 Å². The first-order valence-electron chi connectivity index (χ1n) is 7.04. The van der Waals surface area contributed by atoms with Gasteiger partial charge < -0.3 is 10.1 Å². The zero-order chi connectivity index (χ0) is 16.3. The molecule has 22 heavy (non-hydrogen) atoms. The molecule has 1 aromatic carbocycles. The molecule has 1 saturated carbocycles. The number of hydrogen-bond acceptors (Lipinski definition) is 5. The molecule has 0 unspecified atom stereocenters. The highest BCUT2D eigenvalue weighted by molar-refractivity contribution is 7.91. The number of hydrogen-bond donors (Lipinski definition) is 1. The number of nitrogens with one attached hydrogen (secondary N) is 1. The van der Waals surface area contributed by atoms with Gasteiger partial charge in [-0.25, -0.2) is 13.2 Å². The van der Waals surface area contributed by atoms with Crippen molar-refractivity contribution in [3.63, 3.8) is 0 Å². The maximum absolute atomic E-state index is 11.8. The zero-order valence-corrected chi connectivity index (χ0v) is 13.4. The van der Waals surface area contributed by atoms with E-state index in [4.69, 9.17) is 4.74 Å². The van der Waals surface area contributed by atoms with Crippen molar-refractivity contribution in [2.45, 2.75) is 31.1 Å². The summed E-state index contributed by atoms with van der Waals surface area (Å²) in [4.78, 5) is 23.6. The molecule has 0 bridgehead atoms. The molecule has 1 amide bonds. The number of carbonyl (C=O) groups is 2. The molecule has 1 N–H and O–H groups in total. The maximum atomic E-state index is 11.8. The molecule has 1 aliphatic rings. The molecule has 120 valence electrons. The lowest BCUT2D eigenvalue weighted by molar-refractivity contribution is 0.0508. The van der Waals surface area contributed by atoms with Gasteiger partial charge in [0.1, 0.15) is 6.61 Å². The van der Waals surface area contributed by atoms with Gasteiger partial charge in [-0.05, 0) is 44.0 Å². The van der Waals surface area contributed by atoms with E-state index in [0.29, 0.717) is 5.56 Å². The Morgan fingerprint density at radius 3 is 2.27 bits per heavy atom. The van der Waals surface area contributed by atoms with Crippen LogP contribution in [0.1, 0.15) is 40.5 Å². The van der Waals surface area contributed by atoms with Crippen LogP contribution in [0, 0.1) is 0 Å². The number of ether oxygens (including phenoxy) is 1. The first kappa shape index (κ1) is 16.5. The van der Waals surface area contributed by atoms with Crippen LogP contribution in [-0.4, -0.2) is 44.4 Å². The van der Waals surface area contributed by atoms with E-state index in [1.54, 1.807) is 12.1 Å². The normalized spacial score (nSPS) is 15.9. The average molecular weight is 325 g/mol. The fraction of sp³-hybridized carbons (Fsp3) is 0.467. The Morgan fingerprint density at radius 1 is 1.23 bits per heavy atom. The predicted octanol–water partition coefficient (Wildman–Crippen LogP) is 1.17. The van der Waals surface area contributed by atoms with Gasteiger partial charge in [-0.2, -0.15) is 0 Å². The highest BCUT2D eigenvalue weighted by Crippen LogP contribution is 2.19. The van der Waals surface area contributed by atoms with E-state index < -0.39 is 21.1 Å². The largest absolute Gasteiger partial charge is 0.461 e. The SMILES string of the molecule is C[C@@H](COC(=O)c1ccc(C(=O)NC2CC2)cc1)S(C)(=O)=O. The van der Waals surface area contributed by atoms with Crippen LogP contribution in [0.4, 0.5) is 0 Å². The van der Waals surface area contributed by atoms with Crippen LogP contribution in [-0.2, 0) is 14.6 Å². The summed E-state index contributed by atoms with van der Waals surface area (Å²) in [6.45, 7) is 1.29. The Labute approximate surface area is 129 Å². The summed E-state index contributed by atoms with van der Waals surface area (Å²) < 4.78 is 27.5. The predicted molar refractivity (Wildman–Crippen MR) is 81.5 cm³/mol. The lowest BCUT2D eigenvalue weighted by atomic mass is 10.1. The second-order valence-corrected chi connectivity index (χ2v) is 8.03. The summed E-state index contributed by atoms with van der Waals surface area (Å²) in [5.41, 5.74) is 0.761. The van der Waals surface area contributed by atoms with Crippen molar-refractivity contribution in [2.24, 2.45) is 0 Å². The van der Waals surface area contributed by atoms with E-state index in [9.17, 15) is 18.0 Å². The first-order valence-corrected chi connectivity index (χ1v) is 9.00. The highest BCUT2D eigenvalue weighted by Gasteiger charge is 2.24. The molecule has 1 fully saturated rings. The molecule has 0 aliphatic heterocycles. The van der Waals surface area contributed by atoms with Gasteiger partial charge in [-0.1, -0.05) is 0 Å². The van der Waals surface area contributed by atoms with Gasteiger partial charge in [-0.3, -0.25) is 4.79 Å². The second-order valence-electron chi connectivity index (χ2n) is 5.56. The number of sulfone groups is 1. The van der Waals surface area contributed by atoms with Gasteiger partial charge in [0.25, 0.3) is 5.91 Å². The standard InChI is InChI=1S/C15H19NO5S/c1-10(22(2,19)20)9-21-15(18)12-5-3-11(4-6-12)14(17)16-13-7-8-13/h3-6,10,13H,7-9H2,1-2H3,(H,16,17)/t10-/m0/s1. The third-order valence-electron chi connectivity index (χ3n) is 3.48. The van der Waals surface area contributed by atoms with Crippen molar-refractivity contribution in [2.75, 3.05) is 12.9 Å². The Morgan fingerprint density at radius 2 is 1.77 bits per heavy atom. The molecular weight excluding hydrogens is 306 g/mol. The molecule has 0 aromatic heterocycles. The number of carbonyl (C=O) groups excluding carboxylic acids is 2. The smallest absolute Gasteiger partial charge is 0.338 e. The van der Waals surface area contributed by atoms with Crippen LogP contribution in [0.3, 0.4) is 0 Å². The van der Waals surface area contributed by atoms with Gasteiger partial charge in [0, 0.05) is 17.9 Å². The quantitative estimate of drug-likeness (QED) is 0.793. The molecule has 0 spiro atoms. The summed E-state index contributed by atoms with van der Waals surface area (Å²) in [6, 6.07) is 6.36. The van der Waals surface area contributed by atoms with Crippen LogP contribution >= 0.6 is 0 Å². The number of esters is 1. The monoisotopic (exact) mass is 325 g/mol. The lowest BCUT2D eigenvalue weighted by Gasteiger charge is -2.10. The first-order chi connectivity index (χ1) is 10.3. The second kappa shape index (κ2) is 6.48. The molecule has 1 aromatic rings. The minimum atomic E-state index is -3.23. The summed E-state index contributed by atoms with van der Waals surface area (Å²) in [6.07, 6.45) is 3.11. The topological polar surface area (TPSA) is 89.5 Å². The minimum Gasteiger partial charge on any atom is -0.461 e. The molecule has 1 atom stereocenters. The van der Waals surface area contributed by atoms with Gasteiger partial charge in [-0.15, -0.1) is 0 Å². The van der Waals surface area contributed by atoms with Crippen LogP contribution in [0.2, 0.25) is 0 Å². The average Bonchev–Trinajstić information content (AvgIpc) is 3.27. The van der Waals surface area contributed by atoms with Crippen molar-refractivity contribution in [3.8, 4) is 0 Å².